The number of benzene rings is 2. The molecule has 2 saturated heterocycles. The van der Waals surface area contributed by atoms with Crippen molar-refractivity contribution in [2.24, 2.45) is 5.73 Å². The largest absolute Gasteiger partial charge is 0.366 e. The number of ether oxygens (including phenoxy) is 1. The molecule has 142 valence electrons. The minimum absolute atomic E-state index is 0.0274. The summed E-state index contributed by atoms with van der Waals surface area (Å²) in [5.41, 5.74) is 8.82. The molecular weight excluding hydrogens is 338 g/mol. The number of carbonyl (C=O) groups excluding carboxylic acids is 1. The van der Waals surface area contributed by atoms with Crippen LogP contribution in [-0.4, -0.2) is 60.6 Å². The maximum absolute atomic E-state index is 13.0. The van der Waals surface area contributed by atoms with Crippen molar-refractivity contribution >= 4 is 5.91 Å². The SMILES string of the molecule is N[C@@H]1CN(C(=O)C2CN(Cc3ccccc3)CCO2)C[C@H]1c1ccccc1. The van der Waals surface area contributed by atoms with Crippen molar-refractivity contribution in [2.75, 3.05) is 32.8 Å². The third kappa shape index (κ3) is 4.21. The first-order valence-electron chi connectivity index (χ1n) is 9.68. The van der Waals surface area contributed by atoms with Crippen molar-refractivity contribution in [2.45, 2.75) is 24.6 Å². The Morgan fingerprint density at radius 3 is 2.44 bits per heavy atom. The number of hydrogen-bond donors (Lipinski definition) is 1. The Labute approximate surface area is 160 Å². The Morgan fingerprint density at radius 1 is 1.00 bits per heavy atom. The van der Waals surface area contributed by atoms with Crippen LogP contribution in [-0.2, 0) is 16.1 Å². The second kappa shape index (κ2) is 8.21. The van der Waals surface area contributed by atoms with Gasteiger partial charge in [-0.05, 0) is 11.1 Å². The summed E-state index contributed by atoms with van der Waals surface area (Å²) in [7, 11) is 0. The number of hydrogen-bond acceptors (Lipinski definition) is 4. The van der Waals surface area contributed by atoms with E-state index in [0.717, 1.165) is 13.1 Å². The third-order valence-corrected chi connectivity index (χ3v) is 5.58. The number of carbonyl (C=O) groups is 1. The Morgan fingerprint density at radius 2 is 1.70 bits per heavy atom. The van der Waals surface area contributed by atoms with Crippen LogP contribution in [0.25, 0.3) is 0 Å². The first-order chi connectivity index (χ1) is 13.2. The fraction of sp³-hybridized carbons (Fsp3) is 0.409. The fourth-order valence-electron chi connectivity index (χ4n) is 4.10. The summed E-state index contributed by atoms with van der Waals surface area (Å²) >= 11 is 0. The maximum atomic E-state index is 13.0. The lowest BCUT2D eigenvalue weighted by Gasteiger charge is -2.34. The molecule has 3 atom stereocenters. The zero-order valence-corrected chi connectivity index (χ0v) is 15.5. The van der Waals surface area contributed by atoms with E-state index in [2.05, 4.69) is 29.2 Å². The Balaban J connectivity index is 1.38. The highest BCUT2D eigenvalue weighted by atomic mass is 16.5. The van der Waals surface area contributed by atoms with E-state index in [4.69, 9.17) is 10.5 Å². The lowest BCUT2D eigenvalue weighted by Crippen LogP contribution is -2.50. The third-order valence-electron chi connectivity index (χ3n) is 5.58. The molecule has 2 fully saturated rings. The average Bonchev–Trinajstić information content (AvgIpc) is 3.11. The van der Waals surface area contributed by atoms with Gasteiger partial charge in [0.25, 0.3) is 5.91 Å². The van der Waals surface area contributed by atoms with Gasteiger partial charge in [0.15, 0.2) is 0 Å². The number of morpholine rings is 1. The van der Waals surface area contributed by atoms with E-state index in [1.807, 2.05) is 41.3 Å². The van der Waals surface area contributed by atoms with Gasteiger partial charge < -0.3 is 15.4 Å². The molecule has 2 aromatic carbocycles. The second-order valence-corrected chi connectivity index (χ2v) is 7.50. The molecule has 5 nitrogen and oxygen atoms in total. The standard InChI is InChI=1S/C22H27N3O2/c23-20-15-25(14-19(20)18-9-5-2-6-10-18)22(26)21-16-24(11-12-27-21)13-17-7-3-1-4-8-17/h1-10,19-21H,11-16,23H2/t19-,20+,21?/m0/s1. The molecule has 1 amide bonds. The quantitative estimate of drug-likeness (QED) is 0.898. The van der Waals surface area contributed by atoms with E-state index in [-0.39, 0.29) is 17.9 Å². The minimum Gasteiger partial charge on any atom is -0.366 e. The Bertz CT molecular complexity index is 753. The van der Waals surface area contributed by atoms with Crippen LogP contribution < -0.4 is 5.73 Å². The van der Waals surface area contributed by atoms with Crippen molar-refractivity contribution in [1.29, 1.82) is 0 Å². The van der Waals surface area contributed by atoms with Crippen LogP contribution in [0.2, 0.25) is 0 Å². The summed E-state index contributed by atoms with van der Waals surface area (Å²) in [5, 5.41) is 0. The lowest BCUT2D eigenvalue weighted by molar-refractivity contribution is -0.148. The highest BCUT2D eigenvalue weighted by molar-refractivity contribution is 5.82. The molecular formula is C22H27N3O2. The number of nitrogens with two attached hydrogens (primary N) is 1. The van der Waals surface area contributed by atoms with Gasteiger partial charge in [-0.3, -0.25) is 9.69 Å². The van der Waals surface area contributed by atoms with E-state index in [0.29, 0.717) is 26.2 Å². The summed E-state index contributed by atoms with van der Waals surface area (Å²) < 4.78 is 5.82. The summed E-state index contributed by atoms with van der Waals surface area (Å²) in [6.45, 7) is 4.19. The normalized spacial score (nSPS) is 26.3. The molecule has 4 rings (SSSR count). The molecule has 2 aliphatic rings. The predicted molar refractivity (Wildman–Crippen MR) is 105 cm³/mol. The molecule has 2 N–H and O–H groups in total. The number of amides is 1. The Hall–Kier alpha value is -2.21. The fourth-order valence-corrected chi connectivity index (χ4v) is 4.10. The molecule has 2 heterocycles. The summed E-state index contributed by atoms with van der Waals surface area (Å²) in [4.78, 5) is 17.2. The molecule has 0 bridgehead atoms. The molecule has 0 saturated carbocycles. The van der Waals surface area contributed by atoms with Gasteiger partial charge in [0.2, 0.25) is 0 Å². The lowest BCUT2D eigenvalue weighted by atomic mass is 9.95. The van der Waals surface area contributed by atoms with Crippen molar-refractivity contribution in [1.82, 2.24) is 9.80 Å². The van der Waals surface area contributed by atoms with E-state index in [9.17, 15) is 4.79 Å². The zero-order chi connectivity index (χ0) is 18.6. The molecule has 0 radical (unpaired) electrons. The van der Waals surface area contributed by atoms with Crippen molar-refractivity contribution in [3.8, 4) is 0 Å². The Kier molecular flexibility index (Phi) is 5.53. The number of nitrogens with zero attached hydrogens (tertiary/aromatic N) is 2. The van der Waals surface area contributed by atoms with Gasteiger partial charge in [-0.2, -0.15) is 0 Å². The molecule has 0 aliphatic carbocycles. The molecule has 5 heteroatoms. The highest BCUT2D eigenvalue weighted by Gasteiger charge is 2.38. The zero-order valence-electron chi connectivity index (χ0n) is 15.5. The first kappa shape index (κ1) is 18.2. The van der Waals surface area contributed by atoms with Crippen LogP contribution >= 0.6 is 0 Å². The van der Waals surface area contributed by atoms with Crippen molar-refractivity contribution in [3.63, 3.8) is 0 Å². The molecule has 0 aromatic heterocycles. The second-order valence-electron chi connectivity index (χ2n) is 7.50. The van der Waals surface area contributed by atoms with Crippen molar-refractivity contribution < 1.29 is 9.53 Å². The van der Waals surface area contributed by atoms with Gasteiger partial charge in [0.05, 0.1) is 6.61 Å². The van der Waals surface area contributed by atoms with E-state index in [1.54, 1.807) is 0 Å². The van der Waals surface area contributed by atoms with E-state index < -0.39 is 6.10 Å². The van der Waals surface area contributed by atoms with Crippen LogP contribution in [0.5, 0.6) is 0 Å². The van der Waals surface area contributed by atoms with Crippen molar-refractivity contribution in [3.05, 3.63) is 71.8 Å². The maximum Gasteiger partial charge on any atom is 0.253 e. The highest BCUT2D eigenvalue weighted by Crippen LogP contribution is 2.27. The van der Waals surface area contributed by atoms with E-state index in [1.165, 1.54) is 11.1 Å². The van der Waals surface area contributed by atoms with Gasteiger partial charge in [-0.1, -0.05) is 60.7 Å². The van der Waals surface area contributed by atoms with Crippen LogP contribution in [0.4, 0.5) is 0 Å². The van der Waals surface area contributed by atoms with Gasteiger partial charge in [0.1, 0.15) is 6.10 Å². The van der Waals surface area contributed by atoms with Gasteiger partial charge in [-0.25, -0.2) is 0 Å². The predicted octanol–water partition coefficient (Wildman–Crippen LogP) is 1.84. The molecule has 2 aromatic rings. The van der Waals surface area contributed by atoms with Gasteiger partial charge in [-0.15, -0.1) is 0 Å². The van der Waals surface area contributed by atoms with E-state index >= 15 is 0 Å². The molecule has 1 unspecified atom stereocenters. The topological polar surface area (TPSA) is 58.8 Å². The van der Waals surface area contributed by atoms with Gasteiger partial charge in [0, 0.05) is 44.7 Å². The van der Waals surface area contributed by atoms with Crippen LogP contribution in [0.15, 0.2) is 60.7 Å². The molecule has 0 spiro atoms. The van der Waals surface area contributed by atoms with Crippen LogP contribution in [0.3, 0.4) is 0 Å². The van der Waals surface area contributed by atoms with Gasteiger partial charge >= 0.3 is 0 Å². The minimum atomic E-state index is -0.399. The monoisotopic (exact) mass is 365 g/mol. The van der Waals surface area contributed by atoms with Crippen LogP contribution in [0.1, 0.15) is 17.0 Å². The van der Waals surface area contributed by atoms with Crippen LogP contribution in [0, 0.1) is 0 Å². The smallest absolute Gasteiger partial charge is 0.253 e. The number of likely N-dealkylation sites (tertiary alicyclic amines) is 1. The first-order valence-corrected chi connectivity index (χ1v) is 9.68. The molecule has 27 heavy (non-hydrogen) atoms. The summed E-state index contributed by atoms with van der Waals surface area (Å²) in [6.07, 6.45) is -0.399. The summed E-state index contributed by atoms with van der Waals surface area (Å²) in [5.74, 6) is 0.265. The molecule has 2 aliphatic heterocycles. The number of rotatable bonds is 4. The average molecular weight is 365 g/mol. The summed E-state index contributed by atoms with van der Waals surface area (Å²) in [6, 6.07) is 20.6.